The number of aryl methyl sites for hydroxylation is 2. The number of hydrogen-bond donors (Lipinski definition) is 1. The highest BCUT2D eigenvalue weighted by Crippen LogP contribution is 2.19. The predicted octanol–water partition coefficient (Wildman–Crippen LogP) is 2.02. The largest absolute Gasteiger partial charge is 0.339 e. The van der Waals surface area contributed by atoms with Gasteiger partial charge >= 0.3 is 0 Å². The van der Waals surface area contributed by atoms with Crippen molar-refractivity contribution < 1.29 is 8.91 Å². The van der Waals surface area contributed by atoms with E-state index in [1.165, 1.54) is 6.07 Å². The third kappa shape index (κ3) is 3.69. The van der Waals surface area contributed by atoms with Gasteiger partial charge in [0.15, 0.2) is 0 Å². The molecule has 118 valence electrons. The van der Waals surface area contributed by atoms with E-state index in [4.69, 9.17) is 4.52 Å². The first-order chi connectivity index (χ1) is 10.7. The van der Waals surface area contributed by atoms with Gasteiger partial charge in [0.25, 0.3) is 0 Å². The molecule has 0 atom stereocenters. The van der Waals surface area contributed by atoms with Crippen LogP contribution in [0.15, 0.2) is 22.7 Å². The number of aromatic nitrogens is 2. The predicted molar refractivity (Wildman–Crippen MR) is 82.1 cm³/mol. The van der Waals surface area contributed by atoms with E-state index in [2.05, 4.69) is 20.4 Å². The number of piperazine rings is 1. The SMILES string of the molecule is Cc1ccc(-c2noc(CCCN3CCNCC3)n2)cc1F. The standard InChI is InChI=1S/C16H21FN4O/c1-12-4-5-13(11-14(12)17)16-19-15(22-20-16)3-2-8-21-9-6-18-7-10-21/h4-5,11,18H,2-3,6-10H2,1H3. The molecule has 0 radical (unpaired) electrons. The van der Waals surface area contributed by atoms with Crippen LogP contribution in [0.2, 0.25) is 0 Å². The molecule has 2 aromatic rings. The van der Waals surface area contributed by atoms with Crippen molar-refractivity contribution in [2.24, 2.45) is 0 Å². The van der Waals surface area contributed by atoms with E-state index in [0.717, 1.165) is 45.6 Å². The smallest absolute Gasteiger partial charge is 0.227 e. The van der Waals surface area contributed by atoms with Gasteiger partial charge in [0.1, 0.15) is 5.82 Å². The molecule has 3 rings (SSSR count). The molecule has 5 nitrogen and oxygen atoms in total. The Morgan fingerprint density at radius 1 is 1.32 bits per heavy atom. The van der Waals surface area contributed by atoms with E-state index < -0.39 is 0 Å². The first kappa shape index (κ1) is 15.1. The van der Waals surface area contributed by atoms with Crippen LogP contribution in [0.1, 0.15) is 17.9 Å². The summed E-state index contributed by atoms with van der Waals surface area (Å²) in [5, 5.41) is 7.29. The number of halogens is 1. The average molecular weight is 304 g/mol. The van der Waals surface area contributed by atoms with Gasteiger partial charge in [0, 0.05) is 38.2 Å². The normalized spacial score (nSPS) is 16.1. The van der Waals surface area contributed by atoms with Crippen LogP contribution < -0.4 is 5.32 Å². The average Bonchev–Trinajstić information content (AvgIpc) is 3.00. The molecule has 1 N–H and O–H groups in total. The van der Waals surface area contributed by atoms with E-state index in [1.807, 2.05) is 6.07 Å². The monoisotopic (exact) mass is 304 g/mol. The van der Waals surface area contributed by atoms with Crippen LogP contribution >= 0.6 is 0 Å². The second-order valence-electron chi connectivity index (χ2n) is 5.67. The van der Waals surface area contributed by atoms with Gasteiger partial charge in [-0.2, -0.15) is 4.98 Å². The van der Waals surface area contributed by atoms with Crippen molar-refractivity contribution in [2.45, 2.75) is 19.8 Å². The number of benzene rings is 1. The lowest BCUT2D eigenvalue weighted by atomic mass is 10.1. The summed E-state index contributed by atoms with van der Waals surface area (Å²) in [6.45, 7) is 7.08. The van der Waals surface area contributed by atoms with Crippen molar-refractivity contribution in [3.05, 3.63) is 35.5 Å². The summed E-state index contributed by atoms with van der Waals surface area (Å²) in [6, 6.07) is 4.99. The quantitative estimate of drug-likeness (QED) is 0.916. The fourth-order valence-corrected chi connectivity index (χ4v) is 2.59. The summed E-state index contributed by atoms with van der Waals surface area (Å²) in [6.07, 6.45) is 1.75. The summed E-state index contributed by atoms with van der Waals surface area (Å²) < 4.78 is 18.8. The maximum Gasteiger partial charge on any atom is 0.227 e. The molecular formula is C16H21FN4O. The number of nitrogens with zero attached hydrogens (tertiary/aromatic N) is 3. The summed E-state index contributed by atoms with van der Waals surface area (Å²) >= 11 is 0. The van der Waals surface area contributed by atoms with Crippen LogP contribution in [-0.4, -0.2) is 47.8 Å². The zero-order valence-corrected chi connectivity index (χ0v) is 12.8. The van der Waals surface area contributed by atoms with E-state index in [9.17, 15) is 4.39 Å². The molecule has 22 heavy (non-hydrogen) atoms. The molecular weight excluding hydrogens is 283 g/mol. The third-order valence-corrected chi connectivity index (χ3v) is 3.97. The van der Waals surface area contributed by atoms with Gasteiger partial charge in [-0.3, -0.25) is 0 Å². The topological polar surface area (TPSA) is 54.2 Å². The van der Waals surface area contributed by atoms with E-state index in [1.54, 1.807) is 13.0 Å². The molecule has 0 aliphatic carbocycles. The van der Waals surface area contributed by atoms with Crippen molar-refractivity contribution >= 4 is 0 Å². The van der Waals surface area contributed by atoms with Gasteiger partial charge in [0.05, 0.1) is 0 Å². The first-order valence-corrected chi connectivity index (χ1v) is 7.74. The van der Waals surface area contributed by atoms with Gasteiger partial charge < -0.3 is 14.7 Å². The Balaban J connectivity index is 1.55. The highest BCUT2D eigenvalue weighted by atomic mass is 19.1. The maximum atomic E-state index is 13.6. The Morgan fingerprint density at radius 2 is 2.14 bits per heavy atom. The summed E-state index contributed by atoms with van der Waals surface area (Å²) in [7, 11) is 0. The van der Waals surface area contributed by atoms with Crippen molar-refractivity contribution in [2.75, 3.05) is 32.7 Å². The van der Waals surface area contributed by atoms with Crippen LogP contribution in [-0.2, 0) is 6.42 Å². The molecule has 1 aromatic carbocycles. The number of nitrogens with one attached hydrogen (secondary N) is 1. The molecule has 1 saturated heterocycles. The molecule has 2 heterocycles. The second kappa shape index (κ2) is 6.98. The Morgan fingerprint density at radius 3 is 2.91 bits per heavy atom. The molecule has 1 aliphatic rings. The van der Waals surface area contributed by atoms with E-state index >= 15 is 0 Å². The lowest BCUT2D eigenvalue weighted by Crippen LogP contribution is -2.43. The summed E-state index contributed by atoms with van der Waals surface area (Å²) in [5.74, 6) is 0.824. The lowest BCUT2D eigenvalue weighted by molar-refractivity contribution is 0.235. The Hall–Kier alpha value is -1.79. The molecule has 6 heteroatoms. The van der Waals surface area contributed by atoms with Gasteiger partial charge in [0.2, 0.25) is 11.7 Å². The molecule has 0 unspecified atom stereocenters. The van der Waals surface area contributed by atoms with Gasteiger partial charge in [-0.25, -0.2) is 4.39 Å². The van der Waals surface area contributed by atoms with Crippen molar-refractivity contribution in [1.29, 1.82) is 0 Å². The van der Waals surface area contributed by atoms with Crippen molar-refractivity contribution in [3.8, 4) is 11.4 Å². The maximum absolute atomic E-state index is 13.6. The minimum Gasteiger partial charge on any atom is -0.339 e. The fraction of sp³-hybridized carbons (Fsp3) is 0.500. The van der Waals surface area contributed by atoms with Crippen molar-refractivity contribution in [1.82, 2.24) is 20.4 Å². The Labute approximate surface area is 129 Å². The zero-order chi connectivity index (χ0) is 15.4. The second-order valence-corrected chi connectivity index (χ2v) is 5.67. The highest BCUT2D eigenvalue weighted by molar-refractivity contribution is 5.54. The minimum absolute atomic E-state index is 0.248. The van der Waals surface area contributed by atoms with Gasteiger partial charge in [-0.15, -0.1) is 0 Å². The molecule has 0 bridgehead atoms. The molecule has 1 fully saturated rings. The van der Waals surface area contributed by atoms with Crippen LogP contribution in [0.3, 0.4) is 0 Å². The van der Waals surface area contributed by atoms with Gasteiger partial charge in [-0.05, 0) is 31.5 Å². The van der Waals surface area contributed by atoms with Gasteiger partial charge in [-0.1, -0.05) is 17.3 Å². The van der Waals surface area contributed by atoms with Crippen LogP contribution in [0.4, 0.5) is 4.39 Å². The molecule has 0 amide bonds. The van der Waals surface area contributed by atoms with Crippen molar-refractivity contribution in [3.63, 3.8) is 0 Å². The molecule has 0 spiro atoms. The summed E-state index contributed by atoms with van der Waals surface area (Å²) in [4.78, 5) is 6.79. The Bertz CT molecular complexity index is 622. The lowest BCUT2D eigenvalue weighted by Gasteiger charge is -2.26. The van der Waals surface area contributed by atoms with E-state index in [-0.39, 0.29) is 5.82 Å². The fourth-order valence-electron chi connectivity index (χ4n) is 2.59. The molecule has 1 aromatic heterocycles. The number of hydrogen-bond acceptors (Lipinski definition) is 5. The molecule has 0 saturated carbocycles. The minimum atomic E-state index is -0.248. The first-order valence-electron chi connectivity index (χ1n) is 7.74. The zero-order valence-electron chi connectivity index (χ0n) is 12.8. The highest BCUT2D eigenvalue weighted by Gasteiger charge is 2.12. The third-order valence-electron chi connectivity index (χ3n) is 3.97. The Kier molecular flexibility index (Phi) is 4.80. The van der Waals surface area contributed by atoms with Crippen LogP contribution in [0.5, 0.6) is 0 Å². The molecule has 1 aliphatic heterocycles. The number of rotatable bonds is 5. The van der Waals surface area contributed by atoms with E-state index in [0.29, 0.717) is 22.8 Å². The summed E-state index contributed by atoms with van der Waals surface area (Å²) in [5.41, 5.74) is 1.27. The van der Waals surface area contributed by atoms with Crippen LogP contribution in [0, 0.1) is 12.7 Å². The van der Waals surface area contributed by atoms with Crippen LogP contribution in [0.25, 0.3) is 11.4 Å².